The maximum absolute atomic E-state index is 6.44. The maximum Gasteiger partial charge on any atom is 0.148 e. The van der Waals surface area contributed by atoms with Crippen LogP contribution < -0.4 is 0 Å². The number of aromatic nitrogens is 1. The van der Waals surface area contributed by atoms with Crippen molar-refractivity contribution in [3.05, 3.63) is 82.8 Å². The summed E-state index contributed by atoms with van der Waals surface area (Å²) in [4.78, 5) is 12.6. The Hall–Kier alpha value is -1.75. The fraction of sp³-hybridized carbons (Fsp3) is 0.158. The fourth-order valence-electron chi connectivity index (χ4n) is 2.91. The van der Waals surface area contributed by atoms with E-state index in [4.69, 9.17) is 28.2 Å². The molecule has 6 heteroatoms. The van der Waals surface area contributed by atoms with E-state index in [1.807, 2.05) is 42.6 Å². The fourth-order valence-corrected chi connectivity index (χ4v) is 4.63. The van der Waals surface area contributed by atoms with Gasteiger partial charge in [0.15, 0.2) is 0 Å². The van der Waals surface area contributed by atoms with Gasteiger partial charge in [0.05, 0.1) is 27.2 Å². The van der Waals surface area contributed by atoms with Gasteiger partial charge in [-0.3, -0.25) is 9.98 Å². The molecule has 1 aromatic heterocycles. The summed E-state index contributed by atoms with van der Waals surface area (Å²) in [5, 5.41) is 1.31. The van der Waals surface area contributed by atoms with E-state index in [9.17, 15) is 0 Å². The molecule has 0 amide bonds. The standard InChI is InChI=1S/C19H15Cl2N3S/c20-13-10-15(21)19-23-17(16-8-4-5-9-22-16)11-18(24(19)12-13)25-14-6-2-1-3-7-14/h1-10,12,17-18H,11H2. The van der Waals surface area contributed by atoms with Crippen molar-refractivity contribution in [2.45, 2.75) is 22.7 Å². The molecule has 0 saturated carbocycles. The Labute approximate surface area is 161 Å². The number of halogens is 2. The van der Waals surface area contributed by atoms with E-state index in [-0.39, 0.29) is 11.4 Å². The van der Waals surface area contributed by atoms with Crippen molar-refractivity contribution in [3.63, 3.8) is 0 Å². The lowest BCUT2D eigenvalue weighted by atomic mass is 10.1. The van der Waals surface area contributed by atoms with Gasteiger partial charge in [0, 0.05) is 23.7 Å². The van der Waals surface area contributed by atoms with Crippen LogP contribution in [-0.4, -0.2) is 21.1 Å². The molecule has 2 aromatic rings. The molecule has 1 aromatic carbocycles. The van der Waals surface area contributed by atoms with E-state index in [1.54, 1.807) is 24.0 Å². The minimum Gasteiger partial charge on any atom is -0.318 e. The summed E-state index contributed by atoms with van der Waals surface area (Å²) in [6, 6.07) is 16.2. The quantitative estimate of drug-likeness (QED) is 0.689. The molecule has 0 radical (unpaired) electrons. The van der Waals surface area contributed by atoms with Gasteiger partial charge in [-0.15, -0.1) is 11.8 Å². The Morgan fingerprint density at radius 2 is 1.84 bits per heavy atom. The maximum atomic E-state index is 6.44. The van der Waals surface area contributed by atoms with E-state index >= 15 is 0 Å². The van der Waals surface area contributed by atoms with Gasteiger partial charge in [0.2, 0.25) is 0 Å². The Morgan fingerprint density at radius 1 is 1.04 bits per heavy atom. The van der Waals surface area contributed by atoms with Gasteiger partial charge < -0.3 is 4.90 Å². The smallest absolute Gasteiger partial charge is 0.148 e. The second-order valence-corrected chi connectivity index (χ2v) is 7.85. The molecule has 0 fully saturated rings. The Balaban J connectivity index is 1.71. The minimum atomic E-state index is -0.0268. The zero-order valence-electron chi connectivity index (χ0n) is 13.2. The normalized spacial score (nSPS) is 22.6. The highest BCUT2D eigenvalue weighted by molar-refractivity contribution is 7.99. The summed E-state index contributed by atoms with van der Waals surface area (Å²) >= 11 is 14.5. The first-order valence-corrected chi connectivity index (χ1v) is 9.58. The molecule has 0 bridgehead atoms. The predicted molar refractivity (Wildman–Crippen MR) is 105 cm³/mol. The van der Waals surface area contributed by atoms with E-state index in [0.29, 0.717) is 10.1 Å². The topological polar surface area (TPSA) is 28.5 Å². The van der Waals surface area contributed by atoms with Crippen molar-refractivity contribution in [2.24, 2.45) is 4.99 Å². The van der Waals surface area contributed by atoms with Crippen LogP contribution >= 0.6 is 35.0 Å². The van der Waals surface area contributed by atoms with E-state index in [0.717, 1.165) is 18.0 Å². The molecule has 3 heterocycles. The first kappa shape index (κ1) is 16.7. The Kier molecular flexibility index (Phi) is 4.84. The largest absolute Gasteiger partial charge is 0.318 e. The first-order valence-electron chi connectivity index (χ1n) is 7.94. The van der Waals surface area contributed by atoms with Gasteiger partial charge in [0.1, 0.15) is 5.84 Å². The number of rotatable bonds is 3. The van der Waals surface area contributed by atoms with Gasteiger partial charge in [0.25, 0.3) is 0 Å². The number of hydrogen-bond donors (Lipinski definition) is 0. The number of fused-ring (bicyclic) bond motifs is 1. The van der Waals surface area contributed by atoms with Crippen molar-refractivity contribution in [1.82, 2.24) is 9.88 Å². The third-order valence-corrected chi connectivity index (χ3v) is 5.76. The molecule has 126 valence electrons. The van der Waals surface area contributed by atoms with Gasteiger partial charge in [-0.2, -0.15) is 0 Å². The molecule has 0 N–H and O–H groups in total. The molecule has 4 rings (SSSR count). The van der Waals surface area contributed by atoms with Gasteiger partial charge in [-0.25, -0.2) is 0 Å². The predicted octanol–water partition coefficient (Wildman–Crippen LogP) is 5.56. The summed E-state index contributed by atoms with van der Waals surface area (Å²) in [6.07, 6.45) is 6.27. The van der Waals surface area contributed by atoms with Crippen LogP contribution in [0.1, 0.15) is 18.2 Å². The van der Waals surface area contributed by atoms with Crippen molar-refractivity contribution in [1.29, 1.82) is 0 Å². The van der Waals surface area contributed by atoms with Crippen LogP contribution in [0.5, 0.6) is 0 Å². The molecule has 2 unspecified atom stereocenters. The first-order chi connectivity index (χ1) is 12.2. The Bertz CT molecular complexity index is 849. The molecular weight excluding hydrogens is 373 g/mol. The summed E-state index contributed by atoms with van der Waals surface area (Å²) in [5.74, 6) is 0.751. The highest BCUT2D eigenvalue weighted by atomic mass is 35.5. The lowest BCUT2D eigenvalue weighted by Gasteiger charge is -2.38. The minimum absolute atomic E-state index is 0.0268. The van der Waals surface area contributed by atoms with Crippen molar-refractivity contribution in [3.8, 4) is 0 Å². The van der Waals surface area contributed by atoms with Crippen LogP contribution in [0, 0.1) is 0 Å². The summed E-state index contributed by atoms with van der Waals surface area (Å²) in [6.45, 7) is 0. The summed E-state index contributed by atoms with van der Waals surface area (Å²) < 4.78 is 0. The van der Waals surface area contributed by atoms with E-state index < -0.39 is 0 Å². The lowest BCUT2D eigenvalue weighted by molar-refractivity contribution is 0.417. The lowest BCUT2D eigenvalue weighted by Crippen LogP contribution is -2.40. The monoisotopic (exact) mass is 387 g/mol. The number of nitrogens with zero attached hydrogens (tertiary/aromatic N) is 3. The number of hydrogen-bond acceptors (Lipinski definition) is 4. The molecule has 2 atom stereocenters. The number of amidine groups is 1. The van der Waals surface area contributed by atoms with Crippen LogP contribution in [0.3, 0.4) is 0 Å². The highest BCUT2D eigenvalue weighted by Gasteiger charge is 2.34. The summed E-state index contributed by atoms with van der Waals surface area (Å²) in [7, 11) is 0. The molecule has 2 aliphatic heterocycles. The van der Waals surface area contributed by atoms with Gasteiger partial charge >= 0.3 is 0 Å². The zero-order chi connectivity index (χ0) is 17.2. The van der Waals surface area contributed by atoms with Crippen LogP contribution in [0.25, 0.3) is 0 Å². The molecule has 3 nitrogen and oxygen atoms in total. The third kappa shape index (κ3) is 3.61. The number of allylic oxidation sites excluding steroid dienone is 2. The van der Waals surface area contributed by atoms with Crippen molar-refractivity contribution < 1.29 is 0 Å². The molecule has 2 aliphatic rings. The molecule has 0 spiro atoms. The summed E-state index contributed by atoms with van der Waals surface area (Å²) in [5.41, 5.74) is 0.957. The van der Waals surface area contributed by atoms with Crippen LogP contribution in [0.15, 0.2) is 87.0 Å². The van der Waals surface area contributed by atoms with Crippen LogP contribution in [0.4, 0.5) is 0 Å². The second-order valence-electron chi connectivity index (χ2n) is 5.76. The number of benzene rings is 1. The van der Waals surface area contributed by atoms with E-state index in [1.165, 1.54) is 4.90 Å². The number of thioether (sulfide) groups is 1. The highest BCUT2D eigenvalue weighted by Crippen LogP contribution is 2.40. The van der Waals surface area contributed by atoms with Crippen LogP contribution in [0.2, 0.25) is 0 Å². The molecular formula is C19H15Cl2N3S. The number of pyridine rings is 1. The Morgan fingerprint density at radius 3 is 2.60 bits per heavy atom. The number of aliphatic imine (C=N–C) groups is 1. The molecule has 0 saturated heterocycles. The average Bonchev–Trinajstić information content (AvgIpc) is 2.64. The molecule has 25 heavy (non-hydrogen) atoms. The zero-order valence-corrected chi connectivity index (χ0v) is 15.5. The average molecular weight is 388 g/mol. The SMILES string of the molecule is ClC1=CN2C(=NC(c3ccccn3)CC2Sc2ccccc2)C(Cl)=C1. The molecule has 0 aliphatic carbocycles. The van der Waals surface area contributed by atoms with Crippen molar-refractivity contribution in [2.75, 3.05) is 0 Å². The van der Waals surface area contributed by atoms with Gasteiger partial charge in [-0.1, -0.05) is 47.5 Å². The second kappa shape index (κ2) is 7.24. The van der Waals surface area contributed by atoms with E-state index in [2.05, 4.69) is 22.0 Å². The van der Waals surface area contributed by atoms with Gasteiger partial charge in [-0.05, 0) is 30.3 Å². The van der Waals surface area contributed by atoms with Crippen LogP contribution in [-0.2, 0) is 0 Å². The van der Waals surface area contributed by atoms with Crippen molar-refractivity contribution >= 4 is 40.8 Å². The third-order valence-electron chi connectivity index (χ3n) is 4.04.